The summed E-state index contributed by atoms with van der Waals surface area (Å²) in [6, 6.07) is 2.43. The fraction of sp³-hybridized carbons (Fsp3) is 0.200. The lowest BCUT2D eigenvalue weighted by atomic mass is 10.00. The molecule has 0 aliphatic carbocycles. The molecule has 0 spiro atoms. The van der Waals surface area contributed by atoms with Gasteiger partial charge in [0.25, 0.3) is 5.69 Å². The fourth-order valence-electron chi connectivity index (χ4n) is 1.36. The summed E-state index contributed by atoms with van der Waals surface area (Å²) in [6.45, 7) is 1.04. The Morgan fingerprint density at radius 2 is 2.00 bits per heavy atom. The molecule has 0 saturated carbocycles. The van der Waals surface area contributed by atoms with E-state index in [1.54, 1.807) is 0 Å². The first-order valence-electron chi connectivity index (χ1n) is 4.49. The van der Waals surface area contributed by atoms with Crippen molar-refractivity contribution >= 4 is 11.5 Å². The molecule has 0 saturated heterocycles. The van der Waals surface area contributed by atoms with Crippen LogP contribution in [0.1, 0.15) is 28.4 Å². The van der Waals surface area contributed by atoms with Crippen molar-refractivity contribution in [3.63, 3.8) is 0 Å². The molecule has 0 atom stereocenters. The van der Waals surface area contributed by atoms with Gasteiger partial charge in [-0.15, -0.1) is 0 Å². The molecule has 1 rings (SSSR count). The van der Waals surface area contributed by atoms with Crippen LogP contribution in [0.4, 0.5) is 18.9 Å². The predicted molar refractivity (Wildman–Crippen MR) is 52.8 cm³/mol. The standard InChI is InChI=1S/C10H5F3N2O3/c1-5(16)6-2-7(4-14)9(10(11,12)13)8(3-6)15(17)18/h2-3H,1H3. The Morgan fingerprint density at radius 3 is 2.33 bits per heavy atom. The average Bonchev–Trinajstić information content (AvgIpc) is 2.25. The number of nitrogens with zero attached hydrogens (tertiary/aromatic N) is 2. The molecule has 1 aromatic carbocycles. The second-order valence-corrected chi connectivity index (χ2v) is 3.34. The average molecular weight is 258 g/mol. The van der Waals surface area contributed by atoms with Gasteiger partial charge in [-0.3, -0.25) is 14.9 Å². The summed E-state index contributed by atoms with van der Waals surface area (Å²) in [5.41, 5.74) is -4.19. The van der Waals surface area contributed by atoms with E-state index in [0.717, 1.165) is 6.92 Å². The number of ketones is 1. The highest BCUT2D eigenvalue weighted by atomic mass is 19.4. The minimum atomic E-state index is -5.04. The van der Waals surface area contributed by atoms with E-state index >= 15 is 0 Å². The third kappa shape index (κ3) is 2.45. The number of halogens is 3. The molecule has 1 aromatic rings. The van der Waals surface area contributed by atoms with E-state index in [-0.39, 0.29) is 5.56 Å². The first-order valence-corrected chi connectivity index (χ1v) is 4.49. The molecular formula is C10H5F3N2O3. The number of benzene rings is 1. The third-order valence-corrected chi connectivity index (χ3v) is 2.12. The van der Waals surface area contributed by atoms with Gasteiger partial charge in [0.2, 0.25) is 0 Å². The first-order chi connectivity index (χ1) is 8.18. The zero-order valence-corrected chi connectivity index (χ0v) is 8.91. The molecule has 94 valence electrons. The van der Waals surface area contributed by atoms with E-state index < -0.39 is 33.7 Å². The van der Waals surface area contributed by atoms with Crippen molar-refractivity contribution in [3.8, 4) is 6.07 Å². The molecule has 0 radical (unpaired) electrons. The highest BCUT2D eigenvalue weighted by Crippen LogP contribution is 2.39. The van der Waals surface area contributed by atoms with Gasteiger partial charge in [-0.05, 0) is 13.0 Å². The first kappa shape index (κ1) is 13.6. The summed E-state index contributed by atoms with van der Waals surface area (Å²) in [6.07, 6.45) is -5.04. The predicted octanol–water partition coefficient (Wildman–Crippen LogP) is 2.69. The molecule has 18 heavy (non-hydrogen) atoms. The minimum absolute atomic E-state index is 0.314. The molecular weight excluding hydrogens is 253 g/mol. The molecule has 0 aliphatic rings. The number of nitro groups is 1. The van der Waals surface area contributed by atoms with Gasteiger partial charge in [-0.1, -0.05) is 0 Å². The van der Waals surface area contributed by atoms with E-state index in [0.29, 0.717) is 12.1 Å². The number of hydrogen-bond donors (Lipinski definition) is 0. The summed E-state index contributed by atoms with van der Waals surface area (Å²) in [7, 11) is 0. The molecule has 0 heterocycles. The molecule has 5 nitrogen and oxygen atoms in total. The number of hydrogen-bond acceptors (Lipinski definition) is 4. The van der Waals surface area contributed by atoms with Crippen molar-refractivity contribution in [2.75, 3.05) is 0 Å². The Bertz CT molecular complexity index is 573. The van der Waals surface area contributed by atoms with Crippen LogP contribution in [0.3, 0.4) is 0 Å². The van der Waals surface area contributed by atoms with Crippen LogP contribution in [-0.2, 0) is 6.18 Å². The molecule has 0 aliphatic heterocycles. The van der Waals surface area contributed by atoms with E-state index in [9.17, 15) is 28.1 Å². The van der Waals surface area contributed by atoms with Gasteiger partial charge in [-0.25, -0.2) is 0 Å². The summed E-state index contributed by atoms with van der Waals surface area (Å²) in [4.78, 5) is 20.4. The largest absolute Gasteiger partial charge is 0.424 e. The van der Waals surface area contributed by atoms with Crippen LogP contribution in [0, 0.1) is 21.4 Å². The van der Waals surface area contributed by atoms with E-state index in [2.05, 4.69) is 0 Å². The SMILES string of the molecule is CC(=O)c1cc(C#N)c(C(F)(F)F)c([N+](=O)[O-])c1. The van der Waals surface area contributed by atoms with E-state index in [1.165, 1.54) is 6.07 Å². The summed E-state index contributed by atoms with van der Waals surface area (Å²) in [5.74, 6) is -0.664. The maximum Gasteiger partial charge on any atom is 0.424 e. The Hall–Kier alpha value is -2.43. The second kappa shape index (κ2) is 4.44. The van der Waals surface area contributed by atoms with Gasteiger partial charge in [-0.2, -0.15) is 18.4 Å². The van der Waals surface area contributed by atoms with Gasteiger partial charge in [0, 0.05) is 11.6 Å². The molecule has 0 aromatic heterocycles. The number of carbonyl (C=O) groups excluding carboxylic acids is 1. The zero-order valence-electron chi connectivity index (χ0n) is 8.91. The van der Waals surface area contributed by atoms with Gasteiger partial charge in [0.15, 0.2) is 11.3 Å². The number of nitro benzene ring substituents is 1. The lowest BCUT2D eigenvalue weighted by Gasteiger charge is -2.10. The molecule has 0 N–H and O–H groups in total. The van der Waals surface area contributed by atoms with E-state index in [1.807, 2.05) is 0 Å². The van der Waals surface area contributed by atoms with Crippen LogP contribution in [0.25, 0.3) is 0 Å². The number of Topliss-reactive ketones (excluding diaryl/α,β-unsaturated/α-hetero) is 1. The van der Waals surface area contributed by atoms with Crippen molar-refractivity contribution in [1.82, 2.24) is 0 Å². The van der Waals surface area contributed by atoms with Crippen LogP contribution in [-0.4, -0.2) is 10.7 Å². The van der Waals surface area contributed by atoms with Crippen LogP contribution in [0.15, 0.2) is 12.1 Å². The zero-order chi connectivity index (χ0) is 14.1. The topological polar surface area (TPSA) is 84.0 Å². The monoisotopic (exact) mass is 258 g/mol. The Kier molecular flexibility index (Phi) is 3.37. The van der Waals surface area contributed by atoms with Gasteiger partial charge < -0.3 is 0 Å². The van der Waals surface area contributed by atoms with Crippen molar-refractivity contribution in [2.24, 2.45) is 0 Å². The van der Waals surface area contributed by atoms with Crippen LogP contribution in [0.2, 0.25) is 0 Å². The van der Waals surface area contributed by atoms with Crippen molar-refractivity contribution < 1.29 is 22.9 Å². The minimum Gasteiger partial charge on any atom is -0.295 e. The highest BCUT2D eigenvalue weighted by Gasteiger charge is 2.41. The van der Waals surface area contributed by atoms with Gasteiger partial charge >= 0.3 is 6.18 Å². The smallest absolute Gasteiger partial charge is 0.295 e. The summed E-state index contributed by atoms with van der Waals surface area (Å²) >= 11 is 0. The normalized spacial score (nSPS) is 10.8. The molecule has 0 fully saturated rings. The molecule has 0 amide bonds. The third-order valence-electron chi connectivity index (χ3n) is 2.12. The number of rotatable bonds is 2. The van der Waals surface area contributed by atoms with Crippen molar-refractivity contribution in [2.45, 2.75) is 13.1 Å². The van der Waals surface area contributed by atoms with Gasteiger partial charge in [0.1, 0.15) is 6.07 Å². The Balaban J connectivity index is 3.75. The maximum atomic E-state index is 12.6. The maximum absolute atomic E-state index is 12.6. The molecule has 0 bridgehead atoms. The van der Waals surface area contributed by atoms with Gasteiger partial charge in [0.05, 0.1) is 10.5 Å². The number of nitriles is 1. The van der Waals surface area contributed by atoms with Crippen LogP contribution < -0.4 is 0 Å². The lowest BCUT2D eigenvalue weighted by molar-refractivity contribution is -0.388. The fourth-order valence-corrected chi connectivity index (χ4v) is 1.36. The van der Waals surface area contributed by atoms with Crippen LogP contribution >= 0.6 is 0 Å². The summed E-state index contributed by atoms with van der Waals surface area (Å²) < 4.78 is 37.9. The molecule has 8 heteroatoms. The van der Waals surface area contributed by atoms with Crippen molar-refractivity contribution in [1.29, 1.82) is 5.26 Å². The second-order valence-electron chi connectivity index (χ2n) is 3.34. The Morgan fingerprint density at radius 1 is 1.44 bits per heavy atom. The number of carbonyl (C=O) groups is 1. The summed E-state index contributed by atoms with van der Waals surface area (Å²) in [5, 5.41) is 19.2. The van der Waals surface area contributed by atoms with E-state index in [4.69, 9.17) is 5.26 Å². The number of alkyl halides is 3. The van der Waals surface area contributed by atoms with Crippen molar-refractivity contribution in [3.05, 3.63) is 38.9 Å². The molecule has 0 unspecified atom stereocenters. The van der Waals surface area contributed by atoms with Crippen LogP contribution in [0.5, 0.6) is 0 Å². The quantitative estimate of drug-likeness (QED) is 0.463. The lowest BCUT2D eigenvalue weighted by Crippen LogP contribution is -2.13. The Labute approximate surface area is 98.6 Å². The highest BCUT2D eigenvalue weighted by molar-refractivity contribution is 5.95.